The molecule has 0 saturated heterocycles. The Kier molecular flexibility index (Phi) is 4.50. The Labute approximate surface area is 125 Å². The van der Waals surface area contributed by atoms with E-state index >= 15 is 0 Å². The summed E-state index contributed by atoms with van der Waals surface area (Å²) >= 11 is 17.4. The summed E-state index contributed by atoms with van der Waals surface area (Å²) in [6, 6.07) is 5.98. The molecule has 1 N–H and O–H groups in total. The quantitative estimate of drug-likeness (QED) is 0.609. The van der Waals surface area contributed by atoms with Crippen LogP contribution in [0.2, 0.25) is 15.2 Å². The fourth-order valence-electron chi connectivity index (χ4n) is 1.66. The van der Waals surface area contributed by atoms with E-state index in [-0.39, 0.29) is 11.1 Å². The predicted molar refractivity (Wildman–Crippen MR) is 77.7 cm³/mol. The Bertz CT molecular complexity index is 587. The zero-order valence-electron chi connectivity index (χ0n) is 9.92. The number of benzene rings is 1. The summed E-state index contributed by atoms with van der Waals surface area (Å²) in [5.74, 6) is -0.496. The standard InChI is InChI=1S/C13H10Cl3FN2/c1-7(19-8-2-3-13(16)18-6-8)9-4-12(17)11(15)5-10(9)14/h2-7,19H,1H3. The molecule has 0 fully saturated rings. The molecule has 0 aliphatic heterocycles. The first kappa shape index (κ1) is 14.4. The number of halogens is 4. The highest BCUT2D eigenvalue weighted by Gasteiger charge is 2.13. The average molecular weight is 320 g/mol. The summed E-state index contributed by atoms with van der Waals surface area (Å²) in [6.07, 6.45) is 1.60. The summed E-state index contributed by atoms with van der Waals surface area (Å²) in [7, 11) is 0. The number of anilines is 1. The lowest BCUT2D eigenvalue weighted by Crippen LogP contribution is -2.08. The summed E-state index contributed by atoms with van der Waals surface area (Å²) in [6.45, 7) is 1.86. The second kappa shape index (κ2) is 5.95. The maximum Gasteiger partial charge on any atom is 0.142 e. The second-order valence-electron chi connectivity index (χ2n) is 4.02. The van der Waals surface area contributed by atoms with Crippen LogP contribution in [-0.2, 0) is 0 Å². The summed E-state index contributed by atoms with van der Waals surface area (Å²) < 4.78 is 13.5. The number of pyridine rings is 1. The van der Waals surface area contributed by atoms with Crippen LogP contribution in [0.25, 0.3) is 0 Å². The SMILES string of the molecule is CC(Nc1ccc(Cl)nc1)c1cc(F)c(Cl)cc1Cl. The molecule has 1 atom stereocenters. The van der Waals surface area contributed by atoms with Crippen molar-refractivity contribution in [1.82, 2.24) is 4.98 Å². The van der Waals surface area contributed by atoms with Crippen molar-refractivity contribution < 1.29 is 4.39 Å². The van der Waals surface area contributed by atoms with Gasteiger partial charge in [-0.3, -0.25) is 0 Å². The molecule has 1 heterocycles. The maximum atomic E-state index is 13.5. The molecule has 0 amide bonds. The number of rotatable bonds is 3. The minimum atomic E-state index is -0.496. The van der Waals surface area contributed by atoms with Crippen molar-refractivity contribution in [3.05, 3.63) is 57.0 Å². The summed E-state index contributed by atoms with van der Waals surface area (Å²) in [5.41, 5.74) is 1.39. The Balaban J connectivity index is 2.22. The van der Waals surface area contributed by atoms with Crippen molar-refractivity contribution >= 4 is 40.5 Å². The topological polar surface area (TPSA) is 24.9 Å². The molecule has 0 aliphatic rings. The molecule has 0 aliphatic carbocycles. The third-order valence-electron chi connectivity index (χ3n) is 2.62. The van der Waals surface area contributed by atoms with Crippen LogP contribution in [0.1, 0.15) is 18.5 Å². The lowest BCUT2D eigenvalue weighted by Gasteiger charge is -2.17. The number of nitrogens with zero attached hydrogens (tertiary/aromatic N) is 1. The van der Waals surface area contributed by atoms with E-state index in [1.54, 1.807) is 18.3 Å². The molecule has 0 spiro atoms. The van der Waals surface area contributed by atoms with Gasteiger partial charge in [0.25, 0.3) is 0 Å². The van der Waals surface area contributed by atoms with E-state index in [0.29, 0.717) is 15.7 Å². The fourth-order valence-corrected chi connectivity index (χ4v) is 2.32. The van der Waals surface area contributed by atoms with Crippen LogP contribution >= 0.6 is 34.8 Å². The first-order valence-electron chi connectivity index (χ1n) is 5.50. The number of hydrogen-bond acceptors (Lipinski definition) is 2. The molecule has 2 nitrogen and oxygen atoms in total. The van der Waals surface area contributed by atoms with Crippen LogP contribution in [0.15, 0.2) is 30.5 Å². The van der Waals surface area contributed by atoms with Crippen molar-refractivity contribution in [2.45, 2.75) is 13.0 Å². The third kappa shape index (κ3) is 3.50. The Hall–Kier alpha value is -1.03. The molecule has 19 heavy (non-hydrogen) atoms. The van der Waals surface area contributed by atoms with Crippen LogP contribution in [0.4, 0.5) is 10.1 Å². The van der Waals surface area contributed by atoms with Crippen LogP contribution in [0, 0.1) is 5.82 Å². The molecule has 2 aromatic rings. The van der Waals surface area contributed by atoms with Crippen molar-refractivity contribution in [3.8, 4) is 0 Å². The molecule has 6 heteroatoms. The molecule has 0 bridgehead atoms. The molecule has 1 unspecified atom stereocenters. The largest absolute Gasteiger partial charge is 0.377 e. The first-order valence-corrected chi connectivity index (χ1v) is 6.63. The van der Waals surface area contributed by atoms with Gasteiger partial charge < -0.3 is 5.32 Å². The first-order chi connectivity index (χ1) is 8.97. The fraction of sp³-hybridized carbons (Fsp3) is 0.154. The van der Waals surface area contributed by atoms with Crippen molar-refractivity contribution in [1.29, 1.82) is 0 Å². The number of aromatic nitrogens is 1. The van der Waals surface area contributed by atoms with Crippen molar-refractivity contribution in [2.75, 3.05) is 5.32 Å². The Morgan fingerprint density at radius 1 is 1.16 bits per heavy atom. The van der Waals surface area contributed by atoms with Crippen molar-refractivity contribution in [3.63, 3.8) is 0 Å². The monoisotopic (exact) mass is 318 g/mol. The van der Waals surface area contributed by atoms with E-state index in [2.05, 4.69) is 10.3 Å². The van der Waals surface area contributed by atoms with Gasteiger partial charge >= 0.3 is 0 Å². The summed E-state index contributed by atoms with van der Waals surface area (Å²) in [5, 5.41) is 3.99. The minimum absolute atomic E-state index is 0.00843. The average Bonchev–Trinajstić information content (AvgIpc) is 2.36. The molecule has 100 valence electrons. The van der Waals surface area contributed by atoms with Crippen LogP contribution in [0.5, 0.6) is 0 Å². The van der Waals surface area contributed by atoms with Gasteiger partial charge in [0.2, 0.25) is 0 Å². The molecule has 0 saturated carbocycles. The van der Waals surface area contributed by atoms with Gasteiger partial charge in [0.15, 0.2) is 0 Å². The van der Waals surface area contributed by atoms with Gasteiger partial charge in [0.05, 0.1) is 22.9 Å². The van der Waals surface area contributed by atoms with Crippen LogP contribution in [0.3, 0.4) is 0 Å². The van der Waals surface area contributed by atoms with E-state index in [0.717, 1.165) is 5.69 Å². The lowest BCUT2D eigenvalue weighted by atomic mass is 10.1. The highest BCUT2D eigenvalue weighted by molar-refractivity contribution is 6.35. The molecule has 0 radical (unpaired) electrons. The lowest BCUT2D eigenvalue weighted by molar-refractivity contribution is 0.624. The highest BCUT2D eigenvalue weighted by Crippen LogP contribution is 2.30. The maximum absolute atomic E-state index is 13.5. The van der Waals surface area contributed by atoms with Gasteiger partial charge in [0.1, 0.15) is 11.0 Å². The van der Waals surface area contributed by atoms with E-state index in [1.165, 1.54) is 12.1 Å². The molecule has 1 aromatic carbocycles. The van der Waals surface area contributed by atoms with E-state index in [1.807, 2.05) is 6.92 Å². The molecular formula is C13H10Cl3FN2. The minimum Gasteiger partial charge on any atom is -0.377 e. The van der Waals surface area contributed by atoms with E-state index < -0.39 is 5.82 Å². The van der Waals surface area contributed by atoms with E-state index in [9.17, 15) is 4.39 Å². The highest BCUT2D eigenvalue weighted by atomic mass is 35.5. The van der Waals surface area contributed by atoms with Gasteiger partial charge in [-0.2, -0.15) is 0 Å². The molecule has 2 rings (SSSR count). The van der Waals surface area contributed by atoms with Gasteiger partial charge in [-0.25, -0.2) is 9.37 Å². The van der Waals surface area contributed by atoms with Crippen molar-refractivity contribution in [2.24, 2.45) is 0 Å². The molecular weight excluding hydrogens is 310 g/mol. The second-order valence-corrected chi connectivity index (χ2v) is 5.23. The zero-order chi connectivity index (χ0) is 14.0. The van der Waals surface area contributed by atoms with Gasteiger partial charge in [0, 0.05) is 5.02 Å². The zero-order valence-corrected chi connectivity index (χ0v) is 12.2. The Morgan fingerprint density at radius 3 is 2.53 bits per heavy atom. The van der Waals surface area contributed by atoms with Crippen LogP contribution in [-0.4, -0.2) is 4.98 Å². The van der Waals surface area contributed by atoms with Crippen LogP contribution < -0.4 is 5.32 Å². The smallest absolute Gasteiger partial charge is 0.142 e. The normalized spacial score (nSPS) is 12.3. The summed E-state index contributed by atoms with van der Waals surface area (Å²) in [4.78, 5) is 3.95. The Morgan fingerprint density at radius 2 is 1.89 bits per heavy atom. The van der Waals surface area contributed by atoms with Gasteiger partial charge in [-0.05, 0) is 36.8 Å². The van der Waals surface area contributed by atoms with Gasteiger partial charge in [-0.15, -0.1) is 0 Å². The molecule has 1 aromatic heterocycles. The van der Waals surface area contributed by atoms with E-state index in [4.69, 9.17) is 34.8 Å². The van der Waals surface area contributed by atoms with Gasteiger partial charge in [-0.1, -0.05) is 34.8 Å². The third-order valence-corrected chi connectivity index (χ3v) is 3.46. The predicted octanol–water partition coefficient (Wildman–Crippen LogP) is 5.35. The number of nitrogens with one attached hydrogen (secondary N) is 1. The number of hydrogen-bond donors (Lipinski definition) is 1.